The van der Waals surface area contributed by atoms with Crippen LogP contribution in [0.5, 0.6) is 0 Å². The molecule has 0 amide bonds. The van der Waals surface area contributed by atoms with Crippen LogP contribution in [0.2, 0.25) is 0 Å². The van der Waals surface area contributed by atoms with Crippen molar-refractivity contribution in [3.8, 4) is 0 Å². The molecule has 0 radical (unpaired) electrons. The fourth-order valence-electron chi connectivity index (χ4n) is 1.73. The Labute approximate surface area is 64.2 Å². The molecule has 0 aromatic rings. The van der Waals surface area contributed by atoms with E-state index >= 15 is 0 Å². The van der Waals surface area contributed by atoms with Crippen LogP contribution in [0.15, 0.2) is 0 Å². The molecule has 0 saturated carbocycles. The maximum atomic E-state index is 3.63. The first kappa shape index (κ1) is 8.06. The van der Waals surface area contributed by atoms with Gasteiger partial charge in [0.1, 0.15) is 0 Å². The first-order valence-electron chi connectivity index (χ1n) is 4.59. The molecule has 1 aliphatic rings. The molecule has 60 valence electrons. The predicted molar refractivity (Wildman–Crippen MR) is 45.1 cm³/mol. The average Bonchev–Trinajstić information content (AvgIpc) is 2.13. The zero-order valence-electron chi connectivity index (χ0n) is 7.19. The second-order valence-electron chi connectivity index (χ2n) is 3.46. The van der Waals surface area contributed by atoms with Crippen molar-refractivity contribution >= 4 is 0 Å². The van der Waals surface area contributed by atoms with Gasteiger partial charge in [-0.2, -0.15) is 0 Å². The number of nitrogens with one attached hydrogen (secondary N) is 1. The lowest BCUT2D eigenvalue weighted by atomic mass is 10.1. The molecule has 1 heteroatoms. The van der Waals surface area contributed by atoms with E-state index < -0.39 is 0 Å². The lowest BCUT2D eigenvalue weighted by Gasteiger charge is -2.17. The van der Waals surface area contributed by atoms with Crippen molar-refractivity contribution in [1.82, 2.24) is 5.32 Å². The zero-order valence-corrected chi connectivity index (χ0v) is 7.19. The Kier molecular flexibility index (Phi) is 3.20. The maximum Gasteiger partial charge on any atom is 0.00669 e. The molecule has 1 saturated heterocycles. The second-order valence-corrected chi connectivity index (χ2v) is 3.46. The van der Waals surface area contributed by atoms with Crippen molar-refractivity contribution in [2.75, 3.05) is 0 Å². The topological polar surface area (TPSA) is 12.0 Å². The van der Waals surface area contributed by atoms with Crippen LogP contribution in [-0.4, -0.2) is 12.1 Å². The van der Waals surface area contributed by atoms with Gasteiger partial charge < -0.3 is 5.32 Å². The highest BCUT2D eigenvalue weighted by Crippen LogP contribution is 2.13. The predicted octanol–water partition coefficient (Wildman–Crippen LogP) is 2.32. The number of hydrogen-bond acceptors (Lipinski definition) is 1. The van der Waals surface area contributed by atoms with E-state index in [1.165, 1.54) is 32.1 Å². The van der Waals surface area contributed by atoms with Gasteiger partial charge in [0.15, 0.2) is 0 Å². The molecule has 1 fully saturated rings. The minimum absolute atomic E-state index is 0.757. The molecule has 1 rings (SSSR count). The third-order valence-electron chi connectivity index (χ3n) is 2.45. The highest BCUT2D eigenvalue weighted by molar-refractivity contribution is 4.74. The van der Waals surface area contributed by atoms with Crippen molar-refractivity contribution < 1.29 is 0 Å². The fourth-order valence-corrected chi connectivity index (χ4v) is 1.73. The highest BCUT2D eigenvalue weighted by Gasteiger charge is 2.13. The smallest absolute Gasteiger partial charge is 0.00669 e. The first-order chi connectivity index (χ1) is 4.83. The minimum atomic E-state index is 0.757. The van der Waals surface area contributed by atoms with E-state index in [1.54, 1.807) is 0 Å². The SMILES string of the molecule is CCC1CCCCC(C)N1. The highest BCUT2D eigenvalue weighted by atomic mass is 14.9. The number of hydrogen-bond donors (Lipinski definition) is 1. The Morgan fingerprint density at radius 2 is 2.00 bits per heavy atom. The van der Waals surface area contributed by atoms with E-state index in [0.717, 1.165) is 12.1 Å². The summed E-state index contributed by atoms with van der Waals surface area (Å²) >= 11 is 0. The number of rotatable bonds is 1. The Morgan fingerprint density at radius 3 is 2.70 bits per heavy atom. The van der Waals surface area contributed by atoms with Gasteiger partial charge in [0, 0.05) is 12.1 Å². The summed E-state index contributed by atoms with van der Waals surface area (Å²) < 4.78 is 0. The standard InChI is InChI=1S/C9H19N/c1-3-9-7-5-4-6-8(2)10-9/h8-10H,3-7H2,1-2H3. The maximum absolute atomic E-state index is 3.63. The van der Waals surface area contributed by atoms with Gasteiger partial charge in [-0.3, -0.25) is 0 Å². The lowest BCUT2D eigenvalue weighted by molar-refractivity contribution is 0.439. The molecule has 0 spiro atoms. The third-order valence-corrected chi connectivity index (χ3v) is 2.45. The molecule has 0 aromatic carbocycles. The molecule has 0 aromatic heterocycles. The molecule has 0 bridgehead atoms. The van der Waals surface area contributed by atoms with Crippen LogP contribution in [0.1, 0.15) is 46.0 Å². The summed E-state index contributed by atoms with van der Waals surface area (Å²) in [4.78, 5) is 0. The van der Waals surface area contributed by atoms with Crippen LogP contribution in [0.3, 0.4) is 0 Å². The molecule has 10 heavy (non-hydrogen) atoms. The summed E-state index contributed by atoms with van der Waals surface area (Å²) in [7, 11) is 0. The molecule has 1 nitrogen and oxygen atoms in total. The summed E-state index contributed by atoms with van der Waals surface area (Å²) in [5, 5.41) is 3.63. The van der Waals surface area contributed by atoms with Crippen LogP contribution < -0.4 is 5.32 Å². The average molecular weight is 141 g/mol. The summed E-state index contributed by atoms with van der Waals surface area (Å²) in [6, 6.07) is 1.56. The molecular formula is C9H19N. The summed E-state index contributed by atoms with van der Waals surface area (Å²) in [6.45, 7) is 4.57. The van der Waals surface area contributed by atoms with Crippen molar-refractivity contribution in [1.29, 1.82) is 0 Å². The molecule has 1 aliphatic heterocycles. The summed E-state index contributed by atoms with van der Waals surface area (Å²) in [6.07, 6.45) is 6.90. The van der Waals surface area contributed by atoms with Crippen LogP contribution in [0.4, 0.5) is 0 Å². The van der Waals surface area contributed by atoms with Crippen LogP contribution in [-0.2, 0) is 0 Å². The van der Waals surface area contributed by atoms with Gasteiger partial charge in [-0.1, -0.05) is 19.8 Å². The van der Waals surface area contributed by atoms with Gasteiger partial charge in [-0.25, -0.2) is 0 Å². The van der Waals surface area contributed by atoms with E-state index in [4.69, 9.17) is 0 Å². The van der Waals surface area contributed by atoms with Gasteiger partial charge in [0.05, 0.1) is 0 Å². The Bertz CT molecular complexity index is 90.7. The van der Waals surface area contributed by atoms with Crippen LogP contribution in [0.25, 0.3) is 0 Å². The second kappa shape index (κ2) is 3.97. The zero-order chi connectivity index (χ0) is 7.40. The molecule has 0 aliphatic carbocycles. The normalized spacial score (nSPS) is 35.4. The first-order valence-corrected chi connectivity index (χ1v) is 4.59. The fraction of sp³-hybridized carbons (Fsp3) is 1.00. The van der Waals surface area contributed by atoms with Crippen molar-refractivity contribution in [3.05, 3.63) is 0 Å². The molecule has 1 heterocycles. The van der Waals surface area contributed by atoms with E-state index in [9.17, 15) is 0 Å². The Balaban J connectivity index is 2.30. The largest absolute Gasteiger partial charge is 0.312 e. The Morgan fingerprint density at radius 1 is 1.30 bits per heavy atom. The van der Waals surface area contributed by atoms with Gasteiger partial charge in [-0.05, 0) is 26.2 Å². The van der Waals surface area contributed by atoms with Gasteiger partial charge in [0.25, 0.3) is 0 Å². The molecule has 2 atom stereocenters. The van der Waals surface area contributed by atoms with E-state index in [1.807, 2.05) is 0 Å². The summed E-state index contributed by atoms with van der Waals surface area (Å²) in [5.41, 5.74) is 0. The van der Waals surface area contributed by atoms with Crippen LogP contribution in [0, 0.1) is 0 Å². The van der Waals surface area contributed by atoms with Crippen molar-refractivity contribution in [3.63, 3.8) is 0 Å². The van der Waals surface area contributed by atoms with E-state index in [0.29, 0.717) is 0 Å². The molecular weight excluding hydrogens is 122 g/mol. The van der Waals surface area contributed by atoms with Crippen LogP contribution >= 0.6 is 0 Å². The summed E-state index contributed by atoms with van der Waals surface area (Å²) in [5.74, 6) is 0. The monoisotopic (exact) mass is 141 g/mol. The van der Waals surface area contributed by atoms with Gasteiger partial charge in [0.2, 0.25) is 0 Å². The third kappa shape index (κ3) is 2.30. The molecule has 1 N–H and O–H groups in total. The molecule has 2 unspecified atom stereocenters. The minimum Gasteiger partial charge on any atom is -0.312 e. The lowest BCUT2D eigenvalue weighted by Crippen LogP contribution is -2.33. The van der Waals surface area contributed by atoms with E-state index in [-0.39, 0.29) is 0 Å². The van der Waals surface area contributed by atoms with Crippen molar-refractivity contribution in [2.45, 2.75) is 58.0 Å². The van der Waals surface area contributed by atoms with E-state index in [2.05, 4.69) is 19.2 Å². The quantitative estimate of drug-likeness (QED) is 0.591. The van der Waals surface area contributed by atoms with Gasteiger partial charge >= 0.3 is 0 Å². The Hall–Kier alpha value is -0.0400. The van der Waals surface area contributed by atoms with Crippen molar-refractivity contribution in [2.24, 2.45) is 0 Å². The van der Waals surface area contributed by atoms with Gasteiger partial charge in [-0.15, -0.1) is 0 Å².